The number of hydrogen-bond acceptors (Lipinski definition) is 2. The van der Waals surface area contributed by atoms with Crippen LogP contribution in [0, 0.1) is 12.7 Å². The zero-order valence-corrected chi connectivity index (χ0v) is 12.4. The summed E-state index contributed by atoms with van der Waals surface area (Å²) in [6, 6.07) is 11.2. The summed E-state index contributed by atoms with van der Waals surface area (Å²) in [7, 11) is 0. The van der Waals surface area contributed by atoms with Crippen molar-refractivity contribution in [2.24, 2.45) is 0 Å². The average Bonchev–Trinajstić information content (AvgIpc) is 2.40. The Hall–Kier alpha value is -1.88. The molecule has 0 bridgehead atoms. The molecule has 104 valence electrons. The van der Waals surface area contributed by atoms with E-state index in [2.05, 4.69) is 21.2 Å². The summed E-state index contributed by atoms with van der Waals surface area (Å²) < 4.78 is 19.1. The van der Waals surface area contributed by atoms with Crippen molar-refractivity contribution in [3.05, 3.63) is 58.3 Å². The van der Waals surface area contributed by atoms with Crippen LogP contribution in [0.25, 0.3) is 0 Å². The summed E-state index contributed by atoms with van der Waals surface area (Å²) in [5.74, 6) is -0.362. The maximum absolute atomic E-state index is 12.9. The highest BCUT2D eigenvalue weighted by Gasteiger charge is 2.06. The molecule has 0 saturated heterocycles. The Kier molecular flexibility index (Phi) is 4.74. The monoisotopic (exact) mass is 337 g/mol. The van der Waals surface area contributed by atoms with Gasteiger partial charge in [-0.25, -0.2) is 4.39 Å². The van der Waals surface area contributed by atoms with Crippen LogP contribution in [0.1, 0.15) is 5.56 Å². The molecule has 0 aliphatic heterocycles. The molecule has 0 atom stereocenters. The first kappa shape index (κ1) is 14.5. The Labute approximate surface area is 124 Å². The molecule has 3 nitrogen and oxygen atoms in total. The fourth-order valence-electron chi connectivity index (χ4n) is 1.66. The first-order valence-electron chi connectivity index (χ1n) is 5.99. The molecule has 0 saturated carbocycles. The largest absolute Gasteiger partial charge is 0.484 e. The predicted octanol–water partition coefficient (Wildman–Crippen LogP) is 3.91. The lowest BCUT2D eigenvalue weighted by atomic mass is 10.2. The molecule has 1 amide bonds. The maximum atomic E-state index is 12.9. The zero-order valence-electron chi connectivity index (χ0n) is 10.8. The first-order chi connectivity index (χ1) is 9.54. The van der Waals surface area contributed by atoms with E-state index in [-0.39, 0.29) is 12.5 Å². The number of carbonyl (C=O) groups excluding carboxylic acids is 1. The van der Waals surface area contributed by atoms with Crippen molar-refractivity contribution >= 4 is 27.5 Å². The number of aryl methyl sites for hydroxylation is 1. The van der Waals surface area contributed by atoms with Crippen LogP contribution >= 0.6 is 15.9 Å². The number of carbonyl (C=O) groups is 1. The van der Waals surface area contributed by atoms with Crippen molar-refractivity contribution in [3.63, 3.8) is 0 Å². The number of ether oxygens (including phenoxy) is 1. The smallest absolute Gasteiger partial charge is 0.262 e. The van der Waals surface area contributed by atoms with Gasteiger partial charge in [0.15, 0.2) is 6.61 Å². The SMILES string of the molecule is Cc1cc(Br)ccc1NC(=O)COc1cccc(F)c1. The van der Waals surface area contributed by atoms with Crippen LogP contribution in [-0.2, 0) is 4.79 Å². The topological polar surface area (TPSA) is 38.3 Å². The van der Waals surface area contributed by atoms with Gasteiger partial charge >= 0.3 is 0 Å². The molecule has 2 aromatic rings. The van der Waals surface area contributed by atoms with Gasteiger partial charge in [-0.3, -0.25) is 4.79 Å². The van der Waals surface area contributed by atoms with E-state index in [0.717, 1.165) is 15.7 Å². The average molecular weight is 338 g/mol. The van der Waals surface area contributed by atoms with Gasteiger partial charge in [0.25, 0.3) is 5.91 Å². The van der Waals surface area contributed by atoms with E-state index in [1.807, 2.05) is 19.1 Å². The van der Waals surface area contributed by atoms with Gasteiger partial charge in [-0.1, -0.05) is 22.0 Å². The summed E-state index contributed by atoms with van der Waals surface area (Å²) in [6.45, 7) is 1.73. The number of hydrogen-bond donors (Lipinski definition) is 1. The molecule has 0 radical (unpaired) electrons. The second-order valence-corrected chi connectivity index (χ2v) is 5.17. The van der Waals surface area contributed by atoms with Gasteiger partial charge in [0.2, 0.25) is 0 Å². The lowest BCUT2D eigenvalue weighted by Crippen LogP contribution is -2.20. The van der Waals surface area contributed by atoms with Gasteiger partial charge in [0.1, 0.15) is 11.6 Å². The van der Waals surface area contributed by atoms with Gasteiger partial charge < -0.3 is 10.1 Å². The van der Waals surface area contributed by atoms with Crippen molar-refractivity contribution in [2.45, 2.75) is 6.92 Å². The molecule has 0 fully saturated rings. The van der Waals surface area contributed by atoms with Crippen molar-refractivity contribution in [1.29, 1.82) is 0 Å². The lowest BCUT2D eigenvalue weighted by molar-refractivity contribution is -0.118. The number of nitrogens with one attached hydrogen (secondary N) is 1. The number of amides is 1. The highest BCUT2D eigenvalue weighted by Crippen LogP contribution is 2.20. The minimum Gasteiger partial charge on any atom is -0.484 e. The van der Waals surface area contributed by atoms with E-state index in [0.29, 0.717) is 5.75 Å². The van der Waals surface area contributed by atoms with Crippen LogP contribution in [0.4, 0.5) is 10.1 Å². The second kappa shape index (κ2) is 6.52. The molecule has 0 spiro atoms. The third-order valence-corrected chi connectivity index (χ3v) is 3.12. The van der Waals surface area contributed by atoms with Gasteiger partial charge in [0, 0.05) is 16.2 Å². The Bertz CT molecular complexity index is 631. The Morgan fingerprint density at radius 1 is 1.30 bits per heavy atom. The molecule has 0 unspecified atom stereocenters. The molecule has 1 N–H and O–H groups in total. The van der Waals surface area contributed by atoms with Crippen molar-refractivity contribution < 1.29 is 13.9 Å². The third kappa shape index (κ3) is 4.06. The lowest BCUT2D eigenvalue weighted by Gasteiger charge is -2.10. The van der Waals surface area contributed by atoms with Crippen LogP contribution in [0.5, 0.6) is 5.75 Å². The number of anilines is 1. The molecule has 0 aromatic heterocycles. The van der Waals surface area contributed by atoms with E-state index in [9.17, 15) is 9.18 Å². The fourth-order valence-corrected chi connectivity index (χ4v) is 2.13. The van der Waals surface area contributed by atoms with Gasteiger partial charge in [-0.15, -0.1) is 0 Å². The van der Waals surface area contributed by atoms with Gasteiger partial charge in [0.05, 0.1) is 0 Å². The first-order valence-corrected chi connectivity index (χ1v) is 6.78. The Morgan fingerprint density at radius 2 is 2.10 bits per heavy atom. The van der Waals surface area contributed by atoms with Crippen LogP contribution in [0.2, 0.25) is 0 Å². The van der Waals surface area contributed by atoms with Crippen LogP contribution in [0.15, 0.2) is 46.9 Å². The Balaban J connectivity index is 1.92. The van der Waals surface area contributed by atoms with E-state index < -0.39 is 5.82 Å². The minimum absolute atomic E-state index is 0.168. The van der Waals surface area contributed by atoms with Crippen molar-refractivity contribution in [3.8, 4) is 5.75 Å². The molecule has 2 aromatic carbocycles. The number of halogens is 2. The van der Waals surface area contributed by atoms with Crippen LogP contribution < -0.4 is 10.1 Å². The molecule has 0 aliphatic carbocycles. The molecular weight excluding hydrogens is 325 g/mol. The van der Waals surface area contributed by atoms with E-state index in [1.165, 1.54) is 18.2 Å². The van der Waals surface area contributed by atoms with E-state index >= 15 is 0 Å². The minimum atomic E-state index is -0.397. The van der Waals surface area contributed by atoms with Crippen molar-refractivity contribution in [2.75, 3.05) is 11.9 Å². The van der Waals surface area contributed by atoms with Crippen LogP contribution in [-0.4, -0.2) is 12.5 Å². The number of rotatable bonds is 4. The summed E-state index contributed by atoms with van der Waals surface area (Å²) in [5, 5.41) is 2.74. The Morgan fingerprint density at radius 3 is 2.80 bits per heavy atom. The fraction of sp³-hybridized carbons (Fsp3) is 0.133. The summed E-state index contributed by atoms with van der Waals surface area (Å²) in [4.78, 5) is 11.8. The molecular formula is C15H13BrFNO2. The van der Waals surface area contributed by atoms with E-state index in [1.54, 1.807) is 12.1 Å². The van der Waals surface area contributed by atoms with Gasteiger partial charge in [-0.05, 0) is 42.8 Å². The highest BCUT2D eigenvalue weighted by molar-refractivity contribution is 9.10. The highest BCUT2D eigenvalue weighted by atomic mass is 79.9. The molecule has 0 aliphatic rings. The van der Waals surface area contributed by atoms with Crippen LogP contribution in [0.3, 0.4) is 0 Å². The molecule has 0 heterocycles. The van der Waals surface area contributed by atoms with E-state index in [4.69, 9.17) is 4.74 Å². The summed E-state index contributed by atoms with van der Waals surface area (Å²) >= 11 is 3.36. The van der Waals surface area contributed by atoms with Gasteiger partial charge in [-0.2, -0.15) is 0 Å². The molecule has 20 heavy (non-hydrogen) atoms. The third-order valence-electron chi connectivity index (χ3n) is 2.63. The quantitative estimate of drug-likeness (QED) is 0.918. The molecule has 2 rings (SSSR count). The summed E-state index contributed by atoms with van der Waals surface area (Å²) in [5.41, 5.74) is 1.67. The second-order valence-electron chi connectivity index (χ2n) is 4.25. The van der Waals surface area contributed by atoms with Crippen molar-refractivity contribution in [1.82, 2.24) is 0 Å². The number of benzene rings is 2. The standard InChI is InChI=1S/C15H13BrFNO2/c1-10-7-11(16)5-6-14(10)18-15(19)9-20-13-4-2-3-12(17)8-13/h2-8H,9H2,1H3,(H,18,19). The maximum Gasteiger partial charge on any atom is 0.262 e. The molecule has 5 heteroatoms. The predicted molar refractivity (Wildman–Crippen MR) is 79.4 cm³/mol. The zero-order chi connectivity index (χ0) is 14.5. The summed E-state index contributed by atoms with van der Waals surface area (Å²) in [6.07, 6.45) is 0. The normalized spacial score (nSPS) is 10.2.